The Morgan fingerprint density at radius 2 is 1.44 bits per heavy atom. The molecule has 2 heterocycles. The number of hydrogen-bond donors (Lipinski definition) is 0. The van der Waals surface area contributed by atoms with Crippen LogP contribution < -0.4 is 0 Å². The fourth-order valence-corrected chi connectivity index (χ4v) is 1.64. The minimum Gasteiger partial charge on any atom is -0.299 e. The zero-order valence-corrected chi connectivity index (χ0v) is 18.7. The second kappa shape index (κ2) is 11.1. The molecule has 0 N–H and O–H groups in total. The average Bonchev–Trinajstić information content (AvgIpc) is 3.13. The Bertz CT molecular complexity index is 682. The third-order valence-electron chi connectivity index (χ3n) is 3.53. The van der Waals surface area contributed by atoms with Gasteiger partial charge in [0.25, 0.3) is 0 Å². The topological polar surface area (TPSA) is 104 Å². The molecular formula is C17H33ClN8O. The van der Waals surface area contributed by atoms with Crippen molar-refractivity contribution in [3.05, 3.63) is 11.6 Å². The molecule has 2 aromatic heterocycles. The summed E-state index contributed by atoms with van der Waals surface area (Å²) in [5, 5.41) is 22.2. The second-order valence-corrected chi connectivity index (χ2v) is 8.48. The highest BCUT2D eigenvalue weighted by atomic mass is 35.5. The van der Waals surface area contributed by atoms with Crippen molar-refractivity contribution >= 4 is 17.4 Å². The molecule has 0 saturated carbocycles. The number of carbonyl (C=O) groups is 1. The van der Waals surface area contributed by atoms with Crippen molar-refractivity contribution in [1.29, 1.82) is 0 Å². The SMILES string of the molecule is CC(=O)C(C)(C)C.Cc1nnnn1C(C)(C)C.Cc1nnnn1CCCCl. The minimum absolute atomic E-state index is 0.00637. The number of halogens is 1. The van der Waals surface area contributed by atoms with Crippen molar-refractivity contribution in [3.63, 3.8) is 0 Å². The van der Waals surface area contributed by atoms with Gasteiger partial charge >= 0.3 is 0 Å². The second-order valence-electron chi connectivity index (χ2n) is 8.11. The van der Waals surface area contributed by atoms with Crippen molar-refractivity contribution in [1.82, 2.24) is 40.4 Å². The summed E-state index contributed by atoms with van der Waals surface area (Å²) in [6.07, 6.45) is 0.910. The van der Waals surface area contributed by atoms with E-state index in [4.69, 9.17) is 11.6 Å². The van der Waals surface area contributed by atoms with Gasteiger partial charge in [-0.25, -0.2) is 9.36 Å². The summed E-state index contributed by atoms with van der Waals surface area (Å²) >= 11 is 5.49. The predicted molar refractivity (Wildman–Crippen MR) is 106 cm³/mol. The van der Waals surface area contributed by atoms with Crippen LogP contribution in [0.1, 0.15) is 66.5 Å². The molecule has 0 aliphatic heterocycles. The maximum absolute atomic E-state index is 10.5. The Labute approximate surface area is 166 Å². The van der Waals surface area contributed by atoms with Gasteiger partial charge in [-0.05, 0) is 68.8 Å². The normalized spacial score (nSPS) is 11.2. The van der Waals surface area contributed by atoms with E-state index in [-0.39, 0.29) is 16.7 Å². The Balaban J connectivity index is 0.000000384. The molecule has 0 unspecified atom stereocenters. The molecule has 2 aromatic rings. The number of rotatable bonds is 3. The zero-order chi connectivity index (χ0) is 21.3. The molecule has 10 heteroatoms. The highest BCUT2D eigenvalue weighted by molar-refractivity contribution is 6.17. The molecule has 0 amide bonds. The van der Waals surface area contributed by atoms with E-state index >= 15 is 0 Å². The van der Waals surface area contributed by atoms with Gasteiger partial charge in [-0.15, -0.1) is 21.8 Å². The number of tetrazole rings is 2. The standard InChI is InChI=1S/C6H12N4.C6H12O.C5H9ClN4/c1-5-7-8-9-10(5)6(2,3)4;1-5(7)6(2,3)4;1-5-7-8-9-10(5)4-2-3-6/h1-4H3;1-4H3;2-4H2,1H3. The molecule has 9 nitrogen and oxygen atoms in total. The fraction of sp³-hybridized carbons (Fsp3) is 0.824. The van der Waals surface area contributed by atoms with E-state index in [9.17, 15) is 4.79 Å². The van der Waals surface area contributed by atoms with Gasteiger partial charge in [0.2, 0.25) is 0 Å². The van der Waals surface area contributed by atoms with E-state index < -0.39 is 0 Å². The largest absolute Gasteiger partial charge is 0.299 e. The number of Topliss-reactive ketones (excluding diaryl/α,β-unsaturated/α-hetero) is 1. The monoisotopic (exact) mass is 400 g/mol. The lowest BCUT2D eigenvalue weighted by molar-refractivity contribution is -0.124. The first kappa shape index (κ1) is 25.1. The Morgan fingerprint density at radius 3 is 1.70 bits per heavy atom. The molecule has 154 valence electrons. The third-order valence-corrected chi connectivity index (χ3v) is 3.80. The first-order chi connectivity index (χ1) is 12.3. The van der Waals surface area contributed by atoms with Crippen molar-refractivity contribution in [2.75, 3.05) is 5.88 Å². The molecule has 0 spiro atoms. The molecule has 0 saturated heterocycles. The quantitative estimate of drug-likeness (QED) is 0.729. The van der Waals surface area contributed by atoms with Crippen molar-refractivity contribution in [3.8, 4) is 0 Å². The van der Waals surface area contributed by atoms with E-state index in [1.807, 2.05) is 34.6 Å². The summed E-state index contributed by atoms with van der Waals surface area (Å²) in [4.78, 5) is 10.5. The number of alkyl halides is 1. The lowest BCUT2D eigenvalue weighted by atomic mass is 9.92. The summed E-state index contributed by atoms with van der Waals surface area (Å²) in [6.45, 7) is 18.1. The first-order valence-electron chi connectivity index (χ1n) is 8.86. The first-order valence-corrected chi connectivity index (χ1v) is 9.39. The van der Waals surface area contributed by atoms with Gasteiger partial charge in [-0.3, -0.25) is 4.79 Å². The summed E-state index contributed by atoms with van der Waals surface area (Å²) in [7, 11) is 0. The maximum atomic E-state index is 10.5. The van der Waals surface area contributed by atoms with Crippen LogP contribution >= 0.6 is 11.6 Å². The highest BCUT2D eigenvalue weighted by Gasteiger charge is 2.16. The molecule has 0 aliphatic rings. The Morgan fingerprint density at radius 1 is 0.963 bits per heavy atom. The molecule has 0 bridgehead atoms. The average molecular weight is 401 g/mol. The van der Waals surface area contributed by atoms with Gasteiger partial charge < -0.3 is 0 Å². The van der Waals surface area contributed by atoms with Crippen LogP contribution in [-0.2, 0) is 16.9 Å². The van der Waals surface area contributed by atoms with Crippen LogP contribution in [-0.4, -0.2) is 52.1 Å². The van der Waals surface area contributed by atoms with Crippen molar-refractivity contribution in [2.45, 2.75) is 80.8 Å². The van der Waals surface area contributed by atoms with E-state index in [1.54, 1.807) is 16.3 Å². The van der Waals surface area contributed by atoms with E-state index in [1.165, 1.54) is 0 Å². The van der Waals surface area contributed by atoms with Gasteiger partial charge in [-0.1, -0.05) is 20.8 Å². The Hall–Kier alpha value is -1.90. The van der Waals surface area contributed by atoms with Gasteiger partial charge in [0, 0.05) is 17.8 Å². The minimum atomic E-state index is -0.139. The fourth-order valence-electron chi connectivity index (χ4n) is 1.52. The molecule has 0 radical (unpaired) electrons. The number of ketones is 1. The van der Waals surface area contributed by atoms with Crippen LogP contribution in [0.15, 0.2) is 0 Å². The Kier molecular flexibility index (Phi) is 10.3. The van der Waals surface area contributed by atoms with Crippen LogP contribution in [0.4, 0.5) is 0 Å². The molecular weight excluding hydrogens is 368 g/mol. The number of hydrogen-bond acceptors (Lipinski definition) is 7. The van der Waals surface area contributed by atoms with Crippen LogP contribution in [0.3, 0.4) is 0 Å². The zero-order valence-electron chi connectivity index (χ0n) is 18.0. The van der Waals surface area contributed by atoms with Gasteiger partial charge in [0.05, 0.1) is 5.54 Å². The van der Waals surface area contributed by atoms with Crippen LogP contribution in [0.5, 0.6) is 0 Å². The molecule has 27 heavy (non-hydrogen) atoms. The van der Waals surface area contributed by atoms with Crippen LogP contribution in [0.25, 0.3) is 0 Å². The van der Waals surface area contributed by atoms with Gasteiger partial charge in [-0.2, -0.15) is 0 Å². The summed E-state index contributed by atoms with van der Waals surface area (Å²) in [6, 6.07) is 0. The number of aryl methyl sites for hydroxylation is 3. The lowest BCUT2D eigenvalue weighted by Gasteiger charge is -2.18. The van der Waals surface area contributed by atoms with Gasteiger partial charge in [0.15, 0.2) is 0 Å². The van der Waals surface area contributed by atoms with E-state index in [2.05, 4.69) is 51.8 Å². The number of carbonyl (C=O) groups excluding carboxylic acids is 1. The highest BCUT2D eigenvalue weighted by Crippen LogP contribution is 2.12. The molecule has 0 aliphatic carbocycles. The molecule has 0 fully saturated rings. The molecule has 0 aromatic carbocycles. The van der Waals surface area contributed by atoms with Crippen LogP contribution in [0.2, 0.25) is 0 Å². The number of aromatic nitrogens is 8. The van der Waals surface area contributed by atoms with Crippen molar-refractivity contribution in [2.24, 2.45) is 5.41 Å². The van der Waals surface area contributed by atoms with E-state index in [0.29, 0.717) is 5.88 Å². The third kappa shape index (κ3) is 10.1. The van der Waals surface area contributed by atoms with E-state index in [0.717, 1.165) is 24.6 Å². The summed E-state index contributed by atoms with van der Waals surface area (Å²) in [5.41, 5.74) is -0.145. The summed E-state index contributed by atoms with van der Waals surface area (Å²) < 4.78 is 3.54. The lowest BCUT2D eigenvalue weighted by Crippen LogP contribution is -2.24. The molecule has 2 rings (SSSR count). The maximum Gasteiger partial charge on any atom is 0.148 e. The number of nitrogens with zero attached hydrogens (tertiary/aromatic N) is 8. The molecule has 0 atom stereocenters. The van der Waals surface area contributed by atoms with Crippen LogP contribution in [0, 0.1) is 19.3 Å². The summed E-state index contributed by atoms with van der Waals surface area (Å²) in [5.74, 6) is 2.59. The predicted octanol–water partition coefficient (Wildman–Crippen LogP) is 2.97. The van der Waals surface area contributed by atoms with Gasteiger partial charge in [0.1, 0.15) is 17.4 Å². The van der Waals surface area contributed by atoms with Crippen molar-refractivity contribution < 1.29 is 4.79 Å². The smallest absolute Gasteiger partial charge is 0.148 e.